The van der Waals surface area contributed by atoms with Crippen molar-refractivity contribution in [1.82, 2.24) is 4.98 Å². The summed E-state index contributed by atoms with van der Waals surface area (Å²) in [5, 5.41) is 6.52. The average Bonchev–Trinajstić information content (AvgIpc) is 3.06. The summed E-state index contributed by atoms with van der Waals surface area (Å²) in [6.45, 7) is 2.22. The predicted molar refractivity (Wildman–Crippen MR) is 112 cm³/mol. The Hall–Kier alpha value is -2.99. The van der Waals surface area contributed by atoms with Crippen LogP contribution in [0.25, 0.3) is 0 Å². The Kier molecular flexibility index (Phi) is 5.21. The van der Waals surface area contributed by atoms with Gasteiger partial charge >= 0.3 is 0 Å². The molecule has 2 N–H and O–H groups in total. The lowest BCUT2D eigenvalue weighted by atomic mass is 9.88. The first kappa shape index (κ1) is 18.4. The second kappa shape index (κ2) is 7.94. The van der Waals surface area contributed by atoms with Crippen LogP contribution in [0.2, 0.25) is 0 Å². The lowest BCUT2D eigenvalue weighted by molar-refractivity contribution is 0.102. The molecule has 1 atom stereocenters. The van der Waals surface area contributed by atoms with Gasteiger partial charge in [0.25, 0.3) is 11.8 Å². The molecule has 142 valence electrons. The third-order valence-corrected chi connectivity index (χ3v) is 6.09. The summed E-state index contributed by atoms with van der Waals surface area (Å²) in [5.74, 6) is 0.145. The SMILES string of the molecule is C[C@H]1CCc2c(sc(NC(=O)c3cccnc3)c2C(=O)Nc2ccccc2)C1. The number of rotatable bonds is 4. The highest BCUT2D eigenvalue weighted by Gasteiger charge is 2.28. The number of nitrogens with zero attached hydrogens (tertiary/aromatic N) is 1. The van der Waals surface area contributed by atoms with Crippen molar-refractivity contribution < 1.29 is 9.59 Å². The molecule has 3 aromatic rings. The van der Waals surface area contributed by atoms with Crippen molar-refractivity contribution in [3.63, 3.8) is 0 Å². The molecule has 2 aromatic heterocycles. The molecule has 0 unspecified atom stereocenters. The summed E-state index contributed by atoms with van der Waals surface area (Å²) in [6, 6.07) is 12.8. The van der Waals surface area contributed by atoms with Crippen molar-refractivity contribution in [2.45, 2.75) is 26.2 Å². The molecule has 0 radical (unpaired) electrons. The van der Waals surface area contributed by atoms with Gasteiger partial charge in [-0.2, -0.15) is 0 Å². The van der Waals surface area contributed by atoms with E-state index in [1.54, 1.807) is 18.3 Å². The number of benzene rings is 1. The van der Waals surface area contributed by atoms with Gasteiger partial charge < -0.3 is 10.6 Å². The van der Waals surface area contributed by atoms with E-state index >= 15 is 0 Å². The summed E-state index contributed by atoms with van der Waals surface area (Å²) in [7, 11) is 0. The summed E-state index contributed by atoms with van der Waals surface area (Å²) in [6.07, 6.45) is 5.99. The van der Waals surface area contributed by atoms with Gasteiger partial charge in [0.05, 0.1) is 11.1 Å². The van der Waals surface area contributed by atoms with Crippen LogP contribution in [-0.2, 0) is 12.8 Å². The molecule has 0 aliphatic heterocycles. The van der Waals surface area contributed by atoms with Crippen LogP contribution in [0.1, 0.15) is 44.5 Å². The number of para-hydroxylation sites is 1. The lowest BCUT2D eigenvalue weighted by Gasteiger charge is -2.18. The quantitative estimate of drug-likeness (QED) is 0.673. The largest absolute Gasteiger partial charge is 0.322 e. The van der Waals surface area contributed by atoms with Gasteiger partial charge in [0.1, 0.15) is 5.00 Å². The van der Waals surface area contributed by atoms with E-state index in [0.717, 1.165) is 30.5 Å². The monoisotopic (exact) mass is 391 g/mol. The van der Waals surface area contributed by atoms with Crippen LogP contribution in [0.3, 0.4) is 0 Å². The minimum Gasteiger partial charge on any atom is -0.322 e. The molecule has 0 fully saturated rings. The van der Waals surface area contributed by atoms with Gasteiger partial charge in [0.2, 0.25) is 0 Å². The third-order valence-electron chi connectivity index (χ3n) is 4.92. The van der Waals surface area contributed by atoms with Crippen LogP contribution in [-0.4, -0.2) is 16.8 Å². The number of anilines is 2. The number of fused-ring (bicyclic) bond motifs is 1. The van der Waals surface area contributed by atoms with Crippen molar-refractivity contribution in [3.05, 3.63) is 76.4 Å². The Morgan fingerprint density at radius 3 is 2.64 bits per heavy atom. The van der Waals surface area contributed by atoms with Gasteiger partial charge in [0, 0.05) is 23.0 Å². The molecule has 4 rings (SSSR count). The van der Waals surface area contributed by atoms with E-state index in [-0.39, 0.29) is 11.8 Å². The zero-order valence-corrected chi connectivity index (χ0v) is 16.4. The van der Waals surface area contributed by atoms with E-state index in [9.17, 15) is 9.59 Å². The van der Waals surface area contributed by atoms with E-state index < -0.39 is 0 Å². The number of pyridine rings is 1. The van der Waals surface area contributed by atoms with Gasteiger partial charge in [-0.3, -0.25) is 14.6 Å². The summed E-state index contributed by atoms with van der Waals surface area (Å²) < 4.78 is 0. The van der Waals surface area contributed by atoms with Crippen LogP contribution >= 0.6 is 11.3 Å². The van der Waals surface area contributed by atoms with Gasteiger partial charge in [0.15, 0.2) is 0 Å². The first-order valence-corrected chi connectivity index (χ1v) is 10.2. The van der Waals surface area contributed by atoms with Gasteiger partial charge in [-0.05, 0) is 55.0 Å². The highest BCUT2D eigenvalue weighted by Crippen LogP contribution is 2.40. The van der Waals surface area contributed by atoms with E-state index in [4.69, 9.17) is 0 Å². The number of hydrogen-bond acceptors (Lipinski definition) is 4. The lowest BCUT2D eigenvalue weighted by Crippen LogP contribution is -2.19. The number of carbonyl (C=O) groups is 2. The molecule has 0 bridgehead atoms. The number of aromatic nitrogens is 1. The number of carbonyl (C=O) groups excluding carboxylic acids is 2. The van der Waals surface area contributed by atoms with Crippen molar-refractivity contribution in [2.75, 3.05) is 10.6 Å². The molecule has 28 heavy (non-hydrogen) atoms. The van der Waals surface area contributed by atoms with Crippen molar-refractivity contribution in [1.29, 1.82) is 0 Å². The van der Waals surface area contributed by atoms with Crippen LogP contribution in [0.4, 0.5) is 10.7 Å². The fourth-order valence-electron chi connectivity index (χ4n) is 3.47. The second-order valence-electron chi connectivity index (χ2n) is 7.07. The zero-order valence-electron chi connectivity index (χ0n) is 15.6. The maximum atomic E-state index is 13.1. The van der Waals surface area contributed by atoms with Crippen LogP contribution in [0.5, 0.6) is 0 Å². The first-order valence-electron chi connectivity index (χ1n) is 9.34. The fourth-order valence-corrected chi connectivity index (χ4v) is 4.87. The molecule has 1 aromatic carbocycles. The average molecular weight is 391 g/mol. The van der Waals surface area contributed by atoms with E-state index in [1.165, 1.54) is 22.4 Å². The number of amides is 2. The Morgan fingerprint density at radius 2 is 1.89 bits per heavy atom. The molecule has 6 heteroatoms. The Morgan fingerprint density at radius 1 is 1.07 bits per heavy atom. The van der Waals surface area contributed by atoms with E-state index in [1.807, 2.05) is 30.3 Å². The Bertz CT molecular complexity index is 999. The second-order valence-corrected chi connectivity index (χ2v) is 8.18. The first-order chi connectivity index (χ1) is 13.6. The topological polar surface area (TPSA) is 71.1 Å². The molecule has 2 heterocycles. The molecule has 5 nitrogen and oxygen atoms in total. The third kappa shape index (κ3) is 3.82. The van der Waals surface area contributed by atoms with Crippen molar-refractivity contribution >= 4 is 33.8 Å². The number of hydrogen-bond donors (Lipinski definition) is 2. The minimum absolute atomic E-state index is 0.181. The molecule has 1 aliphatic carbocycles. The van der Waals surface area contributed by atoms with Gasteiger partial charge in [-0.25, -0.2) is 0 Å². The summed E-state index contributed by atoms with van der Waals surface area (Å²) in [4.78, 5) is 30.9. The Labute approximate surface area is 167 Å². The van der Waals surface area contributed by atoms with Crippen LogP contribution in [0.15, 0.2) is 54.9 Å². The normalized spacial score (nSPS) is 15.5. The number of thiophene rings is 1. The zero-order chi connectivity index (χ0) is 19.5. The standard InChI is InChI=1S/C22H21N3O2S/c1-14-9-10-17-18(12-14)28-22(25-20(26)15-6-5-11-23-13-15)19(17)21(27)24-16-7-3-2-4-8-16/h2-8,11,13-14H,9-10,12H2,1H3,(H,24,27)(H,25,26)/t14-/m0/s1. The predicted octanol–water partition coefficient (Wildman–Crippen LogP) is 4.77. The van der Waals surface area contributed by atoms with Crippen LogP contribution < -0.4 is 10.6 Å². The molecule has 1 aliphatic rings. The molecule has 0 saturated heterocycles. The molecule has 0 saturated carbocycles. The fraction of sp³-hybridized carbons (Fsp3) is 0.227. The maximum absolute atomic E-state index is 13.1. The highest BCUT2D eigenvalue weighted by atomic mass is 32.1. The van der Waals surface area contributed by atoms with Crippen LogP contribution in [0, 0.1) is 5.92 Å². The highest BCUT2D eigenvalue weighted by molar-refractivity contribution is 7.17. The minimum atomic E-state index is -0.256. The summed E-state index contributed by atoms with van der Waals surface area (Å²) in [5.41, 5.74) is 2.86. The summed E-state index contributed by atoms with van der Waals surface area (Å²) >= 11 is 1.51. The van der Waals surface area contributed by atoms with Gasteiger partial charge in [-0.15, -0.1) is 11.3 Å². The van der Waals surface area contributed by atoms with Gasteiger partial charge in [-0.1, -0.05) is 25.1 Å². The van der Waals surface area contributed by atoms with Crippen molar-refractivity contribution in [3.8, 4) is 0 Å². The molecule has 0 spiro atoms. The smallest absolute Gasteiger partial charge is 0.258 e. The van der Waals surface area contributed by atoms with E-state index in [0.29, 0.717) is 22.0 Å². The maximum Gasteiger partial charge on any atom is 0.258 e. The number of nitrogens with one attached hydrogen (secondary N) is 2. The van der Waals surface area contributed by atoms with Crippen molar-refractivity contribution in [2.24, 2.45) is 5.92 Å². The molecular formula is C22H21N3O2S. The molecular weight excluding hydrogens is 370 g/mol. The molecule has 2 amide bonds. The Balaban J connectivity index is 1.67. The van der Waals surface area contributed by atoms with E-state index in [2.05, 4.69) is 22.5 Å².